The first-order valence-electron chi connectivity index (χ1n) is 13.3. The first-order valence-corrected chi connectivity index (χ1v) is 13.3. The molecule has 6 heteroatoms. The second kappa shape index (κ2) is 13.3. The molecule has 0 saturated carbocycles. The zero-order chi connectivity index (χ0) is 27.7. The number of nitrogens with one attached hydrogen (secondary N) is 2. The van der Waals surface area contributed by atoms with Crippen molar-refractivity contribution in [1.82, 2.24) is 10.6 Å². The molecule has 1 aliphatic rings. The predicted octanol–water partition coefficient (Wildman–Crippen LogP) is 7.20. The van der Waals surface area contributed by atoms with Gasteiger partial charge in [-0.25, -0.2) is 4.99 Å². The molecule has 2 heterocycles. The summed E-state index contributed by atoms with van der Waals surface area (Å²) in [5.41, 5.74) is 6.62. The number of carbonyl (C=O) groups is 1. The number of aryl methyl sites for hydroxylation is 1. The lowest BCUT2D eigenvalue weighted by atomic mass is 9.94. The minimum atomic E-state index is -0.283. The second-order valence-electron chi connectivity index (χ2n) is 10.7. The Hall–Kier alpha value is -3.60. The van der Waals surface area contributed by atoms with Crippen molar-refractivity contribution in [1.29, 1.82) is 0 Å². The maximum atomic E-state index is 12.5. The lowest BCUT2D eigenvalue weighted by Crippen LogP contribution is -2.32. The molecule has 6 nitrogen and oxygen atoms in total. The number of carbonyl (C=O) groups excluding carboxylic acids is 1. The van der Waals surface area contributed by atoms with Crippen LogP contribution in [-0.2, 0) is 16.6 Å². The van der Waals surface area contributed by atoms with Crippen LogP contribution >= 0.6 is 0 Å². The van der Waals surface area contributed by atoms with Crippen LogP contribution in [0.2, 0.25) is 0 Å². The van der Waals surface area contributed by atoms with Gasteiger partial charge in [0.25, 0.3) is 5.91 Å². The Morgan fingerprint density at radius 1 is 1.26 bits per heavy atom. The molecule has 0 saturated heterocycles. The van der Waals surface area contributed by atoms with Crippen LogP contribution in [0.4, 0.5) is 0 Å². The average Bonchev–Trinajstić information content (AvgIpc) is 3.56. The van der Waals surface area contributed by atoms with Crippen molar-refractivity contribution in [3.63, 3.8) is 0 Å². The molecule has 2 aromatic rings. The molecule has 2 atom stereocenters. The van der Waals surface area contributed by atoms with Crippen LogP contribution in [0.5, 0.6) is 0 Å². The molecule has 0 spiro atoms. The van der Waals surface area contributed by atoms with Crippen LogP contribution < -0.4 is 10.6 Å². The Bertz CT molecular complexity index is 1250. The summed E-state index contributed by atoms with van der Waals surface area (Å²) in [6.45, 7) is 18.1. The van der Waals surface area contributed by atoms with Gasteiger partial charge in [0.1, 0.15) is 11.6 Å². The van der Waals surface area contributed by atoms with Crippen LogP contribution in [0.15, 0.2) is 82.5 Å². The summed E-state index contributed by atoms with van der Waals surface area (Å²) < 4.78 is 11.7. The van der Waals surface area contributed by atoms with E-state index in [4.69, 9.17) is 14.1 Å². The molecule has 1 unspecified atom stereocenters. The summed E-state index contributed by atoms with van der Waals surface area (Å²) in [5.74, 6) is 1.56. The van der Waals surface area contributed by atoms with E-state index in [0.717, 1.165) is 42.1 Å². The third-order valence-electron chi connectivity index (χ3n) is 6.27. The van der Waals surface area contributed by atoms with Crippen LogP contribution in [0, 0.1) is 0 Å². The molecular weight excluding hydrogens is 474 g/mol. The van der Waals surface area contributed by atoms with E-state index < -0.39 is 0 Å². The smallest absolute Gasteiger partial charge is 0.287 e. The topological polar surface area (TPSA) is 75.9 Å². The summed E-state index contributed by atoms with van der Waals surface area (Å²) >= 11 is 0. The van der Waals surface area contributed by atoms with Crippen molar-refractivity contribution in [2.24, 2.45) is 4.99 Å². The zero-order valence-corrected chi connectivity index (χ0v) is 23.4. The number of furan rings is 1. The molecule has 2 N–H and O–H groups in total. The molecule has 0 aliphatic carbocycles. The van der Waals surface area contributed by atoms with E-state index in [-0.39, 0.29) is 38.7 Å². The zero-order valence-electron chi connectivity index (χ0n) is 23.4. The minimum Gasteiger partial charge on any atom is -0.455 e. The van der Waals surface area contributed by atoms with Crippen molar-refractivity contribution in [3.8, 4) is 0 Å². The second-order valence-corrected chi connectivity index (χ2v) is 10.7. The van der Waals surface area contributed by atoms with Gasteiger partial charge in [-0.05, 0) is 56.9 Å². The monoisotopic (exact) mass is 519 g/mol. The van der Waals surface area contributed by atoms with E-state index >= 15 is 0 Å². The number of ether oxygens (including phenoxy) is 1. The van der Waals surface area contributed by atoms with Gasteiger partial charge in [-0.15, -0.1) is 12.3 Å². The third-order valence-corrected chi connectivity index (χ3v) is 6.27. The molecule has 0 fully saturated rings. The highest BCUT2D eigenvalue weighted by atomic mass is 16.5. The number of nitrogens with zero attached hydrogens (tertiary/aromatic N) is 1. The first kappa shape index (κ1) is 29.0. The summed E-state index contributed by atoms with van der Waals surface area (Å²) in [6, 6.07) is 12.0. The average molecular weight is 520 g/mol. The Balaban J connectivity index is 0.00000400. The van der Waals surface area contributed by atoms with E-state index in [1.807, 2.05) is 32.9 Å². The third kappa shape index (κ3) is 8.47. The molecule has 1 amide bonds. The number of amidine groups is 1. The van der Waals surface area contributed by atoms with Gasteiger partial charge >= 0.3 is 0 Å². The number of hydrogen-bond donors (Lipinski definition) is 2. The first-order chi connectivity index (χ1) is 18.1. The molecular formula is C32H45N3O3. The summed E-state index contributed by atoms with van der Waals surface area (Å²) in [7, 11) is 0. The number of hydrogen-bond acceptors (Lipinski definition) is 5. The van der Waals surface area contributed by atoms with Gasteiger partial charge in [0.15, 0.2) is 5.76 Å². The maximum absolute atomic E-state index is 12.5. The van der Waals surface area contributed by atoms with Gasteiger partial charge in [0.2, 0.25) is 0 Å². The largest absolute Gasteiger partial charge is 0.455 e. The van der Waals surface area contributed by atoms with Crippen LogP contribution in [0.1, 0.15) is 84.2 Å². The predicted molar refractivity (Wildman–Crippen MR) is 159 cm³/mol. The highest BCUT2D eigenvalue weighted by Gasteiger charge is 2.21. The fourth-order valence-electron chi connectivity index (χ4n) is 4.15. The number of aliphatic imine (C=N–C) groups is 1. The lowest BCUT2D eigenvalue weighted by Gasteiger charge is -2.18. The van der Waals surface area contributed by atoms with Crippen LogP contribution in [-0.4, -0.2) is 30.5 Å². The van der Waals surface area contributed by atoms with Crippen molar-refractivity contribution >= 4 is 17.4 Å². The normalized spacial score (nSPS) is 14.7. The molecule has 1 aromatic heterocycles. The minimum absolute atomic E-state index is 0. The molecule has 1 aromatic carbocycles. The Labute approximate surface area is 230 Å². The Kier molecular flexibility index (Phi) is 10.1. The standard InChI is InChI=1S/C32H41N3O3.2H2/c1-8-11-22(3)37-23(4)14-15-24-12-10-13-25(20-24)27-16-19-30(35-27)34-26(9-2)21-33-31(36)28-17-18-29(38-28)32(5,6)7;;/h8,10,12-13,16-18,20,22-23H,1-2,11,14-15,19,21H2,3-7H3,(H,33,36)(H,34,35);2*1H/t22?,23-;;/m1../s1. The van der Waals surface area contributed by atoms with Crippen molar-refractivity contribution < 1.29 is 16.8 Å². The van der Waals surface area contributed by atoms with Gasteiger partial charge in [-0.1, -0.05) is 57.7 Å². The lowest BCUT2D eigenvalue weighted by molar-refractivity contribution is 0.00629. The van der Waals surface area contributed by atoms with E-state index in [2.05, 4.69) is 73.7 Å². The number of benzene rings is 1. The van der Waals surface area contributed by atoms with Gasteiger partial charge < -0.3 is 19.8 Å². The van der Waals surface area contributed by atoms with E-state index in [1.54, 1.807) is 6.07 Å². The summed E-state index contributed by atoms with van der Waals surface area (Å²) in [6.07, 6.45) is 7.78. The van der Waals surface area contributed by atoms with E-state index in [9.17, 15) is 4.79 Å². The quantitative estimate of drug-likeness (QED) is 0.230. The molecule has 206 valence electrons. The van der Waals surface area contributed by atoms with E-state index in [0.29, 0.717) is 12.1 Å². The highest BCUT2D eigenvalue weighted by molar-refractivity contribution is 5.95. The SMILES string of the molecule is C=C=C(CNC(=O)c1ccc(C(C)(C)C)o1)NC1=NC(c2cccc(CC[C@@H](C)OC(C)CC=C)c2)=CC1.[HH].[HH]. The van der Waals surface area contributed by atoms with Gasteiger partial charge in [0, 0.05) is 20.3 Å². The Morgan fingerprint density at radius 3 is 2.74 bits per heavy atom. The molecule has 38 heavy (non-hydrogen) atoms. The summed E-state index contributed by atoms with van der Waals surface area (Å²) in [5, 5.41) is 6.12. The molecule has 3 rings (SSSR count). The summed E-state index contributed by atoms with van der Waals surface area (Å²) in [4.78, 5) is 17.3. The molecule has 0 bridgehead atoms. The van der Waals surface area contributed by atoms with Crippen molar-refractivity contribution in [3.05, 3.63) is 95.8 Å². The molecule has 1 aliphatic heterocycles. The maximum Gasteiger partial charge on any atom is 0.287 e. The van der Waals surface area contributed by atoms with Gasteiger partial charge in [0.05, 0.1) is 30.1 Å². The highest BCUT2D eigenvalue weighted by Crippen LogP contribution is 2.25. The Morgan fingerprint density at radius 2 is 2.05 bits per heavy atom. The van der Waals surface area contributed by atoms with Crippen LogP contribution in [0.3, 0.4) is 0 Å². The fraction of sp³-hybridized carbons (Fsp3) is 0.406. The molecule has 0 radical (unpaired) electrons. The van der Waals surface area contributed by atoms with Crippen LogP contribution in [0.25, 0.3) is 5.70 Å². The fourth-order valence-corrected chi connectivity index (χ4v) is 4.15. The van der Waals surface area contributed by atoms with Crippen molar-refractivity contribution in [2.45, 2.75) is 77.9 Å². The van der Waals surface area contributed by atoms with E-state index in [1.165, 1.54) is 5.56 Å². The number of rotatable bonds is 12. The van der Waals surface area contributed by atoms with Crippen molar-refractivity contribution in [2.75, 3.05) is 6.54 Å². The van der Waals surface area contributed by atoms with Gasteiger partial charge in [-0.3, -0.25) is 4.79 Å². The van der Waals surface area contributed by atoms with Gasteiger partial charge in [-0.2, -0.15) is 0 Å². The number of amides is 1.